The maximum atomic E-state index is 14.4. The van der Waals surface area contributed by atoms with Crippen molar-refractivity contribution >= 4 is 29.1 Å². The van der Waals surface area contributed by atoms with Crippen LogP contribution in [0.3, 0.4) is 0 Å². The van der Waals surface area contributed by atoms with Crippen LogP contribution >= 0.6 is 11.3 Å². The number of hydrogen-bond acceptors (Lipinski definition) is 5. The number of carbonyl (C=O) groups is 2. The zero-order valence-corrected chi connectivity index (χ0v) is 22.9. The van der Waals surface area contributed by atoms with Crippen molar-refractivity contribution in [3.05, 3.63) is 94.4 Å². The Labute approximate surface area is 234 Å². The Morgan fingerprint density at radius 1 is 1.00 bits per heavy atom. The molecule has 0 bridgehead atoms. The van der Waals surface area contributed by atoms with Gasteiger partial charge in [0.05, 0.1) is 23.1 Å². The summed E-state index contributed by atoms with van der Waals surface area (Å²) in [6.07, 6.45) is -0.158. The summed E-state index contributed by atoms with van der Waals surface area (Å²) in [5.74, 6) is -0.648. The number of methoxy groups -OCH3 is 1. The van der Waals surface area contributed by atoms with Crippen molar-refractivity contribution in [1.82, 2.24) is 0 Å². The number of aliphatic carboxylic acids is 1. The lowest BCUT2D eigenvalue weighted by Gasteiger charge is -2.17. The van der Waals surface area contributed by atoms with Crippen molar-refractivity contribution in [1.29, 1.82) is 0 Å². The van der Waals surface area contributed by atoms with Gasteiger partial charge in [-0.25, -0.2) is 9.18 Å². The van der Waals surface area contributed by atoms with Gasteiger partial charge in [-0.3, -0.25) is 10.1 Å². The molecule has 0 spiro atoms. The number of aryl methyl sites for hydroxylation is 1. The third kappa shape index (κ3) is 5.29. The van der Waals surface area contributed by atoms with E-state index in [-0.39, 0.29) is 11.5 Å². The molecule has 1 aliphatic rings. The van der Waals surface area contributed by atoms with Crippen LogP contribution < -0.4 is 10.1 Å². The summed E-state index contributed by atoms with van der Waals surface area (Å²) in [7, 11) is 1.53. The van der Waals surface area contributed by atoms with Gasteiger partial charge in [0, 0.05) is 11.6 Å². The van der Waals surface area contributed by atoms with E-state index >= 15 is 0 Å². The molecule has 5 rings (SSSR count). The van der Waals surface area contributed by atoms with E-state index in [9.17, 15) is 23.5 Å². The number of thiophene rings is 1. The zero-order chi connectivity index (χ0) is 28.6. The van der Waals surface area contributed by atoms with E-state index in [1.807, 2.05) is 30.3 Å². The summed E-state index contributed by atoms with van der Waals surface area (Å²) in [6, 6.07) is 18.3. The summed E-state index contributed by atoms with van der Waals surface area (Å²) < 4.78 is 39.0. The van der Waals surface area contributed by atoms with Gasteiger partial charge in [-0.2, -0.15) is 4.39 Å². The van der Waals surface area contributed by atoms with E-state index in [1.165, 1.54) is 25.3 Å². The fourth-order valence-corrected chi connectivity index (χ4v) is 5.75. The van der Waals surface area contributed by atoms with Gasteiger partial charge in [-0.1, -0.05) is 42.5 Å². The van der Waals surface area contributed by atoms with E-state index in [1.54, 1.807) is 32.0 Å². The minimum atomic E-state index is -0.807. The normalized spacial score (nSPS) is 14.3. The maximum Gasteiger partial charge on any atom is 0.412 e. The fourth-order valence-electron chi connectivity index (χ4n) is 4.92. The minimum Gasteiger partial charge on any atom is -0.496 e. The molecule has 0 saturated heterocycles. The molecule has 1 saturated carbocycles. The Morgan fingerprint density at radius 3 is 2.33 bits per heavy atom. The first-order chi connectivity index (χ1) is 19.1. The number of rotatable bonds is 8. The van der Waals surface area contributed by atoms with Crippen molar-refractivity contribution in [3.63, 3.8) is 0 Å². The lowest BCUT2D eigenvalue weighted by atomic mass is 9.93. The number of hydrogen-bond donors (Lipinski definition) is 2. The van der Waals surface area contributed by atoms with Crippen LogP contribution in [0.5, 0.6) is 5.75 Å². The van der Waals surface area contributed by atoms with Gasteiger partial charge >= 0.3 is 12.1 Å². The zero-order valence-electron chi connectivity index (χ0n) is 22.1. The molecule has 2 N–H and O–H groups in total. The molecular formula is C31H27F2NO5S. The summed E-state index contributed by atoms with van der Waals surface area (Å²) in [6.45, 7) is 3.41. The molecule has 1 unspecified atom stereocenters. The van der Waals surface area contributed by atoms with Gasteiger partial charge in [0.15, 0.2) is 5.13 Å². The largest absolute Gasteiger partial charge is 0.496 e. The van der Waals surface area contributed by atoms with Crippen molar-refractivity contribution in [2.45, 2.75) is 38.2 Å². The molecule has 9 heteroatoms. The summed E-state index contributed by atoms with van der Waals surface area (Å²) in [5, 5.41) is 11.7. The van der Waals surface area contributed by atoms with Crippen LogP contribution in [-0.4, -0.2) is 24.3 Å². The molecule has 1 aromatic heterocycles. The summed E-state index contributed by atoms with van der Waals surface area (Å²) in [5.41, 5.74) is 3.82. The molecule has 0 radical (unpaired) electrons. The SMILES string of the molecule is COc1cc(-c2sc(F)cc2NC(=O)OC(C)c2ccc(F)cc2C)ccc1-c1ccc(C2(C(=O)O)CC2)cc1. The van der Waals surface area contributed by atoms with Crippen LogP contribution in [0.1, 0.15) is 42.6 Å². The number of nitrogens with one attached hydrogen (secondary N) is 1. The lowest BCUT2D eigenvalue weighted by molar-refractivity contribution is -0.140. The third-order valence-corrected chi connectivity index (χ3v) is 8.24. The second-order valence-corrected chi connectivity index (χ2v) is 10.8. The number of carbonyl (C=O) groups excluding carboxylic acids is 1. The fraction of sp³-hybridized carbons (Fsp3) is 0.226. The smallest absolute Gasteiger partial charge is 0.412 e. The van der Waals surface area contributed by atoms with Crippen LogP contribution in [0.25, 0.3) is 21.6 Å². The van der Waals surface area contributed by atoms with Crippen LogP contribution in [0.2, 0.25) is 0 Å². The Hall–Kier alpha value is -4.24. The molecule has 1 atom stereocenters. The van der Waals surface area contributed by atoms with E-state index in [4.69, 9.17) is 9.47 Å². The number of ether oxygens (including phenoxy) is 2. The number of anilines is 1. The Morgan fingerprint density at radius 2 is 1.70 bits per heavy atom. The summed E-state index contributed by atoms with van der Waals surface area (Å²) >= 11 is 0.874. The molecule has 1 heterocycles. The highest BCUT2D eigenvalue weighted by Crippen LogP contribution is 2.49. The van der Waals surface area contributed by atoms with Crippen molar-refractivity contribution in [2.24, 2.45) is 0 Å². The van der Waals surface area contributed by atoms with Gasteiger partial charge in [0.25, 0.3) is 0 Å². The van der Waals surface area contributed by atoms with E-state index in [0.29, 0.717) is 40.2 Å². The van der Waals surface area contributed by atoms with Crippen LogP contribution in [0, 0.1) is 17.9 Å². The number of halogens is 2. The predicted molar refractivity (Wildman–Crippen MR) is 150 cm³/mol. The molecular weight excluding hydrogens is 536 g/mol. The topological polar surface area (TPSA) is 84.9 Å². The Bertz CT molecular complexity index is 1590. The minimum absolute atomic E-state index is 0.248. The first-order valence-electron chi connectivity index (χ1n) is 12.7. The van der Waals surface area contributed by atoms with Gasteiger partial charge in [0.1, 0.15) is 17.7 Å². The van der Waals surface area contributed by atoms with Crippen molar-refractivity contribution in [3.8, 4) is 27.3 Å². The Kier molecular flexibility index (Phi) is 7.33. The third-order valence-electron chi connectivity index (χ3n) is 7.26. The monoisotopic (exact) mass is 563 g/mol. The van der Waals surface area contributed by atoms with E-state index < -0.39 is 28.7 Å². The highest BCUT2D eigenvalue weighted by molar-refractivity contribution is 7.14. The van der Waals surface area contributed by atoms with Gasteiger partial charge in [-0.05, 0) is 72.7 Å². The first-order valence-corrected chi connectivity index (χ1v) is 13.5. The number of benzene rings is 3. The number of carboxylic acid groups (broad SMARTS) is 1. The molecule has 1 fully saturated rings. The number of carboxylic acids is 1. The van der Waals surface area contributed by atoms with Crippen molar-refractivity contribution < 1.29 is 33.0 Å². The molecule has 0 aliphatic heterocycles. The van der Waals surface area contributed by atoms with Gasteiger partial charge < -0.3 is 14.6 Å². The average Bonchev–Trinajstić information content (AvgIpc) is 3.66. The first kappa shape index (κ1) is 27.3. The van der Waals surface area contributed by atoms with Crippen LogP contribution in [0.15, 0.2) is 66.7 Å². The van der Waals surface area contributed by atoms with Crippen LogP contribution in [0.4, 0.5) is 19.3 Å². The van der Waals surface area contributed by atoms with E-state index in [2.05, 4.69) is 5.32 Å². The van der Waals surface area contributed by atoms with E-state index in [0.717, 1.165) is 28.0 Å². The standard InChI is InChI=1S/C31H27F2NO5S/c1-17-14-22(32)9-11-23(17)18(2)39-30(37)34-25-16-27(33)40-28(25)20-6-10-24(26(15-20)38-3)19-4-7-21(8-5-19)31(12-13-31)29(35)36/h4-11,14-16,18H,12-13H2,1-3H3,(H,34,37)(H,35,36). The lowest BCUT2D eigenvalue weighted by Crippen LogP contribution is -2.19. The second kappa shape index (κ2) is 10.7. The molecule has 40 heavy (non-hydrogen) atoms. The van der Waals surface area contributed by atoms with Crippen LogP contribution in [-0.2, 0) is 14.9 Å². The molecule has 1 amide bonds. The molecule has 1 aliphatic carbocycles. The van der Waals surface area contributed by atoms with Gasteiger partial charge in [0.2, 0.25) is 0 Å². The number of amides is 1. The Balaban J connectivity index is 1.36. The average molecular weight is 564 g/mol. The molecule has 6 nitrogen and oxygen atoms in total. The highest BCUT2D eigenvalue weighted by Gasteiger charge is 2.51. The summed E-state index contributed by atoms with van der Waals surface area (Å²) in [4.78, 5) is 24.8. The molecule has 4 aromatic rings. The van der Waals surface area contributed by atoms with Gasteiger partial charge in [-0.15, -0.1) is 11.3 Å². The quantitative estimate of drug-likeness (QED) is 0.226. The molecule has 206 valence electrons. The second-order valence-electron chi connectivity index (χ2n) is 9.85. The predicted octanol–water partition coefficient (Wildman–Crippen LogP) is 8.10. The van der Waals surface area contributed by atoms with Crippen molar-refractivity contribution in [2.75, 3.05) is 12.4 Å². The molecule has 3 aromatic carbocycles. The maximum absolute atomic E-state index is 14.4. The highest BCUT2D eigenvalue weighted by atomic mass is 32.1.